The topological polar surface area (TPSA) is 129 Å². The number of aromatic nitrogens is 1. The third kappa shape index (κ3) is 3.84. The molecule has 0 saturated carbocycles. The summed E-state index contributed by atoms with van der Waals surface area (Å²) in [5, 5.41) is 0. The van der Waals surface area contributed by atoms with Crippen molar-refractivity contribution in [2.24, 2.45) is 17.4 Å². The minimum absolute atomic E-state index is 0.0128. The van der Waals surface area contributed by atoms with Crippen molar-refractivity contribution in [1.29, 1.82) is 0 Å². The average Bonchev–Trinajstić information content (AvgIpc) is 2.46. The largest absolute Gasteiger partial charge is 0.473 e. The zero-order valence-corrected chi connectivity index (χ0v) is 13.0. The van der Waals surface area contributed by atoms with Crippen LogP contribution in [0.5, 0.6) is 5.88 Å². The van der Waals surface area contributed by atoms with Crippen LogP contribution in [0.1, 0.15) is 0 Å². The summed E-state index contributed by atoms with van der Waals surface area (Å²) in [6.07, 6.45) is 1.50. The van der Waals surface area contributed by atoms with Crippen LogP contribution < -0.4 is 16.2 Å². The second kappa shape index (κ2) is 7.02. The lowest BCUT2D eigenvalue weighted by atomic mass is 10.0. The highest BCUT2D eigenvalue weighted by Gasteiger charge is 2.39. The van der Waals surface area contributed by atoms with Crippen LogP contribution in [-0.4, -0.2) is 49.9 Å². The van der Waals surface area contributed by atoms with Crippen molar-refractivity contribution in [3.8, 4) is 5.88 Å². The molecule has 1 aliphatic rings. The Kier molecular flexibility index (Phi) is 5.29. The van der Waals surface area contributed by atoms with Gasteiger partial charge in [-0.1, -0.05) is 0 Å². The Hall–Kier alpha value is -2.04. The second-order valence-corrected chi connectivity index (χ2v) is 6.95. The van der Waals surface area contributed by atoms with Gasteiger partial charge in [0.05, 0.1) is 18.4 Å². The number of carbonyl (C=O) groups is 1. The van der Waals surface area contributed by atoms with E-state index in [2.05, 4.69) is 4.98 Å². The first-order valence-electron chi connectivity index (χ1n) is 6.75. The Labute approximate surface area is 133 Å². The summed E-state index contributed by atoms with van der Waals surface area (Å²) in [6.45, 7) is 0.0750. The molecule has 4 N–H and O–H groups in total. The van der Waals surface area contributed by atoms with Crippen LogP contribution in [0.25, 0.3) is 0 Å². The zero-order chi connectivity index (χ0) is 17.0. The van der Waals surface area contributed by atoms with Crippen LogP contribution >= 0.6 is 0 Å². The van der Waals surface area contributed by atoms with Gasteiger partial charge in [-0.05, 0) is 6.07 Å². The smallest absolute Gasteiger partial charge is 0.244 e. The maximum atomic E-state index is 12.3. The van der Waals surface area contributed by atoms with Gasteiger partial charge in [0.25, 0.3) is 0 Å². The highest BCUT2D eigenvalue weighted by atomic mass is 32.2. The molecule has 1 amide bonds. The maximum absolute atomic E-state index is 12.3. The number of hydrogen-bond acceptors (Lipinski definition) is 6. The number of hydrogen-bond donors (Lipinski definition) is 2. The number of pyridine rings is 1. The monoisotopic (exact) mass is 344 g/mol. The number of nitrogens with two attached hydrogens (primary N) is 2. The summed E-state index contributed by atoms with van der Waals surface area (Å²) in [5.74, 6) is -0.826. The molecule has 1 saturated heterocycles. The van der Waals surface area contributed by atoms with E-state index in [9.17, 15) is 17.6 Å². The molecule has 0 unspecified atom stereocenters. The molecule has 1 aromatic heterocycles. The van der Waals surface area contributed by atoms with Crippen molar-refractivity contribution >= 4 is 15.9 Å². The van der Waals surface area contributed by atoms with E-state index in [0.29, 0.717) is 6.33 Å². The van der Waals surface area contributed by atoms with Crippen molar-refractivity contribution in [2.45, 2.75) is 4.90 Å². The molecule has 23 heavy (non-hydrogen) atoms. The summed E-state index contributed by atoms with van der Waals surface area (Å²) in [7, 11) is -3.71. The SMILES string of the molecule is NCC(=CF)COc1ccc(S(=O)(=O)N2CC(C(N)=O)C2)cn1. The number of primary amides is 1. The Bertz CT molecular complexity index is 699. The Morgan fingerprint density at radius 1 is 1.48 bits per heavy atom. The van der Waals surface area contributed by atoms with E-state index in [-0.39, 0.29) is 42.6 Å². The molecule has 0 radical (unpaired) electrons. The van der Waals surface area contributed by atoms with Gasteiger partial charge < -0.3 is 16.2 Å². The maximum Gasteiger partial charge on any atom is 0.244 e. The quantitative estimate of drug-likeness (QED) is 0.678. The van der Waals surface area contributed by atoms with E-state index in [1.54, 1.807) is 0 Å². The van der Waals surface area contributed by atoms with Crippen molar-refractivity contribution in [3.05, 3.63) is 30.2 Å². The van der Waals surface area contributed by atoms with Crippen molar-refractivity contribution in [1.82, 2.24) is 9.29 Å². The highest BCUT2D eigenvalue weighted by molar-refractivity contribution is 7.89. The summed E-state index contributed by atoms with van der Waals surface area (Å²) < 4.78 is 43.2. The van der Waals surface area contributed by atoms with Crippen LogP contribution in [-0.2, 0) is 14.8 Å². The summed E-state index contributed by atoms with van der Waals surface area (Å²) in [6, 6.07) is 2.70. The standard InChI is InChI=1S/C13H17FN4O4S/c14-3-9(4-15)8-22-12-2-1-11(5-17-12)23(20,21)18-6-10(7-18)13(16)19/h1-3,5,10H,4,6-8,15H2,(H2,16,19). The van der Waals surface area contributed by atoms with Crippen LogP contribution in [0, 0.1) is 5.92 Å². The molecule has 0 atom stereocenters. The van der Waals surface area contributed by atoms with Gasteiger partial charge in [0.1, 0.15) is 11.5 Å². The molecule has 2 rings (SSSR count). The van der Waals surface area contributed by atoms with Crippen molar-refractivity contribution in [3.63, 3.8) is 0 Å². The van der Waals surface area contributed by atoms with Crippen LogP contribution in [0.4, 0.5) is 4.39 Å². The first kappa shape index (κ1) is 17.3. The molecule has 8 nitrogen and oxygen atoms in total. The predicted molar refractivity (Wildman–Crippen MR) is 79.4 cm³/mol. The first-order valence-corrected chi connectivity index (χ1v) is 8.19. The van der Waals surface area contributed by atoms with Gasteiger partial charge in [-0.3, -0.25) is 4.79 Å². The molecular weight excluding hydrogens is 327 g/mol. The molecule has 0 aromatic carbocycles. The van der Waals surface area contributed by atoms with E-state index < -0.39 is 21.8 Å². The fourth-order valence-electron chi connectivity index (χ4n) is 1.87. The highest BCUT2D eigenvalue weighted by Crippen LogP contribution is 2.25. The van der Waals surface area contributed by atoms with Crippen LogP contribution in [0.2, 0.25) is 0 Å². The number of nitrogens with zero attached hydrogens (tertiary/aromatic N) is 2. The molecule has 0 bridgehead atoms. The molecule has 1 aromatic rings. The average molecular weight is 344 g/mol. The van der Waals surface area contributed by atoms with Gasteiger partial charge in [-0.2, -0.15) is 4.31 Å². The Balaban J connectivity index is 2.00. The van der Waals surface area contributed by atoms with Gasteiger partial charge in [0, 0.05) is 31.3 Å². The minimum atomic E-state index is -3.71. The zero-order valence-electron chi connectivity index (χ0n) is 12.2. The normalized spacial score (nSPS) is 16.9. The molecule has 10 heteroatoms. The van der Waals surface area contributed by atoms with E-state index in [1.165, 1.54) is 12.1 Å². The Morgan fingerprint density at radius 2 is 2.17 bits per heavy atom. The van der Waals surface area contributed by atoms with Gasteiger partial charge in [-0.15, -0.1) is 0 Å². The Morgan fingerprint density at radius 3 is 2.65 bits per heavy atom. The second-order valence-electron chi connectivity index (χ2n) is 5.01. The van der Waals surface area contributed by atoms with Crippen LogP contribution in [0.15, 0.2) is 35.1 Å². The molecule has 0 aliphatic carbocycles. The van der Waals surface area contributed by atoms with Gasteiger partial charge in [0.15, 0.2) is 0 Å². The number of halogens is 1. The van der Waals surface area contributed by atoms with Gasteiger partial charge in [0.2, 0.25) is 21.8 Å². The molecule has 1 aliphatic heterocycles. The first-order chi connectivity index (χ1) is 10.9. The predicted octanol–water partition coefficient (Wildman–Crippen LogP) is -0.622. The van der Waals surface area contributed by atoms with E-state index >= 15 is 0 Å². The number of sulfonamides is 1. The van der Waals surface area contributed by atoms with Crippen molar-refractivity contribution < 1.29 is 22.3 Å². The number of carbonyl (C=O) groups excluding carboxylic acids is 1. The molecule has 126 valence electrons. The number of ether oxygens (including phenoxy) is 1. The molecule has 2 heterocycles. The lowest BCUT2D eigenvalue weighted by Gasteiger charge is -2.35. The summed E-state index contributed by atoms with van der Waals surface area (Å²) >= 11 is 0. The third-order valence-corrected chi connectivity index (χ3v) is 5.23. The van der Waals surface area contributed by atoms with Gasteiger partial charge in [-0.25, -0.2) is 17.8 Å². The summed E-state index contributed by atoms with van der Waals surface area (Å²) in [5.41, 5.74) is 10.7. The number of rotatable bonds is 7. The van der Waals surface area contributed by atoms with Gasteiger partial charge >= 0.3 is 0 Å². The molecular formula is C13H17FN4O4S. The van der Waals surface area contributed by atoms with Crippen LogP contribution in [0.3, 0.4) is 0 Å². The minimum Gasteiger partial charge on any atom is -0.473 e. The summed E-state index contributed by atoms with van der Waals surface area (Å²) in [4.78, 5) is 14.8. The lowest BCUT2D eigenvalue weighted by Crippen LogP contribution is -2.54. The van der Waals surface area contributed by atoms with E-state index in [4.69, 9.17) is 16.2 Å². The lowest BCUT2D eigenvalue weighted by molar-refractivity contribution is -0.124. The number of amides is 1. The fraction of sp³-hybridized carbons (Fsp3) is 0.385. The van der Waals surface area contributed by atoms with E-state index in [1.807, 2.05) is 0 Å². The molecule has 1 fully saturated rings. The third-order valence-electron chi connectivity index (χ3n) is 3.42. The van der Waals surface area contributed by atoms with E-state index in [0.717, 1.165) is 10.5 Å². The molecule has 0 spiro atoms. The fourth-order valence-corrected chi connectivity index (χ4v) is 3.35. The van der Waals surface area contributed by atoms with Crippen molar-refractivity contribution in [2.75, 3.05) is 26.2 Å².